The molecular weight excluding hydrogens is 272 g/mol. The maximum absolute atomic E-state index is 11.3. The van der Waals surface area contributed by atoms with E-state index >= 15 is 0 Å². The molecule has 0 bridgehead atoms. The molecule has 1 heterocycles. The fourth-order valence-electron chi connectivity index (χ4n) is 2.61. The predicted octanol–water partition coefficient (Wildman–Crippen LogP) is 3.28. The van der Waals surface area contributed by atoms with E-state index in [1.54, 1.807) is 12.1 Å². The van der Waals surface area contributed by atoms with E-state index in [2.05, 4.69) is 6.92 Å². The number of hydrogen-bond acceptors (Lipinski definition) is 3. The van der Waals surface area contributed by atoms with Gasteiger partial charge >= 0.3 is 0 Å². The van der Waals surface area contributed by atoms with E-state index in [0.717, 1.165) is 17.7 Å². The van der Waals surface area contributed by atoms with Crippen LogP contribution in [0.25, 0.3) is 0 Å². The summed E-state index contributed by atoms with van der Waals surface area (Å²) in [6.45, 7) is 2.11. The lowest BCUT2D eigenvalue weighted by atomic mass is 9.90. The molecule has 0 spiro atoms. The monoisotopic (exact) mass is 286 g/mol. The maximum atomic E-state index is 11.3. The molecule has 3 rings (SSSR count). The zero-order valence-electron chi connectivity index (χ0n) is 10.1. The van der Waals surface area contributed by atoms with Crippen LogP contribution < -0.4 is 4.74 Å². The molecule has 18 heavy (non-hydrogen) atoms. The number of benzene rings is 1. The van der Waals surface area contributed by atoms with Crippen molar-refractivity contribution in [3.8, 4) is 5.75 Å². The molecule has 5 heteroatoms. The molecule has 0 saturated heterocycles. The van der Waals surface area contributed by atoms with Crippen molar-refractivity contribution in [2.75, 3.05) is 0 Å². The third-order valence-corrected chi connectivity index (χ3v) is 5.16. The highest BCUT2D eigenvalue weighted by Crippen LogP contribution is 2.45. The number of halogens is 1. The Labute approximate surface area is 112 Å². The lowest BCUT2D eigenvalue weighted by molar-refractivity contribution is 0.140. The van der Waals surface area contributed by atoms with Crippen molar-refractivity contribution in [2.45, 2.75) is 43.1 Å². The van der Waals surface area contributed by atoms with Crippen molar-refractivity contribution in [3.63, 3.8) is 0 Å². The van der Waals surface area contributed by atoms with Crippen molar-refractivity contribution in [2.24, 2.45) is 5.92 Å². The second-order valence-corrected chi connectivity index (χ2v) is 7.83. The van der Waals surface area contributed by atoms with Gasteiger partial charge in [0.25, 0.3) is 9.05 Å². The van der Waals surface area contributed by atoms with Gasteiger partial charge in [0.05, 0.1) is 4.90 Å². The van der Waals surface area contributed by atoms with E-state index in [-0.39, 0.29) is 4.90 Å². The molecule has 0 radical (unpaired) electrons. The second-order valence-electron chi connectivity index (χ2n) is 5.27. The van der Waals surface area contributed by atoms with Gasteiger partial charge in [-0.15, -0.1) is 0 Å². The molecule has 1 aliphatic carbocycles. The Morgan fingerprint density at radius 3 is 2.67 bits per heavy atom. The fraction of sp³-hybridized carbons (Fsp3) is 0.538. The molecule has 0 aromatic heterocycles. The van der Waals surface area contributed by atoms with Gasteiger partial charge in [-0.3, -0.25) is 0 Å². The summed E-state index contributed by atoms with van der Waals surface area (Å²) in [6, 6.07) is 4.89. The largest absolute Gasteiger partial charge is 0.490 e. The first-order chi connectivity index (χ1) is 8.45. The van der Waals surface area contributed by atoms with Crippen LogP contribution in [-0.4, -0.2) is 14.5 Å². The lowest BCUT2D eigenvalue weighted by Gasteiger charge is -2.30. The first kappa shape index (κ1) is 12.3. The van der Waals surface area contributed by atoms with Crippen LogP contribution in [-0.2, 0) is 9.05 Å². The van der Waals surface area contributed by atoms with Gasteiger partial charge in [0, 0.05) is 10.7 Å². The summed E-state index contributed by atoms with van der Waals surface area (Å²) in [5, 5.41) is 0. The van der Waals surface area contributed by atoms with E-state index in [1.807, 2.05) is 0 Å². The Bertz CT molecular complexity index is 578. The molecule has 0 amide bonds. The van der Waals surface area contributed by atoms with Gasteiger partial charge in [-0.05, 0) is 54.9 Å². The smallest absolute Gasteiger partial charge is 0.261 e. The van der Waals surface area contributed by atoms with Crippen LogP contribution in [0.3, 0.4) is 0 Å². The maximum Gasteiger partial charge on any atom is 0.261 e. The summed E-state index contributed by atoms with van der Waals surface area (Å²) in [5.41, 5.74) is 0.952. The zero-order chi connectivity index (χ0) is 12.9. The van der Waals surface area contributed by atoms with E-state index in [0.29, 0.717) is 17.9 Å². The normalized spacial score (nSPS) is 27.4. The average Bonchev–Trinajstić information content (AvgIpc) is 3.11. The van der Waals surface area contributed by atoms with Crippen LogP contribution in [0.4, 0.5) is 0 Å². The Hall–Kier alpha value is -0.740. The van der Waals surface area contributed by atoms with Crippen LogP contribution in [0.2, 0.25) is 0 Å². The molecule has 1 aliphatic heterocycles. The van der Waals surface area contributed by atoms with Crippen molar-refractivity contribution < 1.29 is 13.2 Å². The second kappa shape index (κ2) is 4.14. The quantitative estimate of drug-likeness (QED) is 0.784. The molecule has 2 aliphatic rings. The first-order valence-corrected chi connectivity index (χ1v) is 8.51. The van der Waals surface area contributed by atoms with Crippen molar-refractivity contribution >= 4 is 19.7 Å². The minimum atomic E-state index is -3.66. The number of hydrogen-bond donors (Lipinski definition) is 0. The topological polar surface area (TPSA) is 43.4 Å². The summed E-state index contributed by atoms with van der Waals surface area (Å²) in [4.78, 5) is 0.156. The molecule has 1 fully saturated rings. The summed E-state index contributed by atoms with van der Waals surface area (Å²) >= 11 is 0. The lowest BCUT2D eigenvalue weighted by Crippen LogP contribution is -2.26. The standard InChI is InChI=1S/C13H15ClO3S/c1-8-6-13(9-2-3-9)17-12-5-4-10(7-11(8)12)18(14,15)16/h4-5,7-9,13H,2-3,6H2,1H3. The summed E-state index contributed by atoms with van der Waals surface area (Å²) in [7, 11) is 1.71. The number of fused-ring (bicyclic) bond motifs is 1. The van der Waals surface area contributed by atoms with E-state index < -0.39 is 9.05 Å². The molecule has 1 aromatic carbocycles. The van der Waals surface area contributed by atoms with Crippen LogP contribution in [0.5, 0.6) is 5.75 Å². The van der Waals surface area contributed by atoms with Gasteiger partial charge in [-0.25, -0.2) is 8.42 Å². The minimum Gasteiger partial charge on any atom is -0.490 e. The van der Waals surface area contributed by atoms with Crippen LogP contribution in [0.1, 0.15) is 37.7 Å². The van der Waals surface area contributed by atoms with Gasteiger partial charge in [0.2, 0.25) is 0 Å². The molecule has 2 unspecified atom stereocenters. The van der Waals surface area contributed by atoms with E-state index in [1.165, 1.54) is 18.9 Å². The fourth-order valence-corrected chi connectivity index (χ4v) is 3.40. The number of ether oxygens (including phenoxy) is 1. The van der Waals surface area contributed by atoms with Gasteiger partial charge in [0.15, 0.2) is 0 Å². The molecular formula is C13H15ClO3S. The zero-order valence-corrected chi connectivity index (χ0v) is 11.7. The van der Waals surface area contributed by atoms with Gasteiger partial charge in [-0.1, -0.05) is 6.92 Å². The van der Waals surface area contributed by atoms with Crippen molar-refractivity contribution in [1.29, 1.82) is 0 Å². The van der Waals surface area contributed by atoms with Gasteiger partial charge in [0.1, 0.15) is 11.9 Å². The summed E-state index contributed by atoms with van der Waals surface area (Å²) < 4.78 is 28.6. The van der Waals surface area contributed by atoms with Crippen LogP contribution in [0.15, 0.2) is 23.1 Å². The van der Waals surface area contributed by atoms with Crippen molar-refractivity contribution in [1.82, 2.24) is 0 Å². The molecule has 0 N–H and O–H groups in total. The average molecular weight is 287 g/mol. The van der Waals surface area contributed by atoms with Crippen molar-refractivity contribution in [3.05, 3.63) is 23.8 Å². The molecule has 1 aromatic rings. The van der Waals surface area contributed by atoms with E-state index in [4.69, 9.17) is 15.4 Å². The molecule has 2 atom stereocenters. The van der Waals surface area contributed by atoms with Gasteiger partial charge in [-0.2, -0.15) is 0 Å². The van der Waals surface area contributed by atoms with E-state index in [9.17, 15) is 8.42 Å². The molecule has 98 valence electrons. The Morgan fingerprint density at radius 1 is 1.33 bits per heavy atom. The highest BCUT2D eigenvalue weighted by Gasteiger charge is 2.37. The van der Waals surface area contributed by atoms with Gasteiger partial charge < -0.3 is 4.74 Å². The summed E-state index contributed by atoms with van der Waals surface area (Å²) in [5.74, 6) is 1.82. The Kier molecular flexibility index (Phi) is 2.83. The third-order valence-electron chi connectivity index (χ3n) is 3.81. The third kappa shape index (κ3) is 2.24. The highest BCUT2D eigenvalue weighted by molar-refractivity contribution is 8.13. The molecule has 1 saturated carbocycles. The summed E-state index contributed by atoms with van der Waals surface area (Å²) in [6.07, 6.45) is 3.76. The van der Waals surface area contributed by atoms with Crippen LogP contribution >= 0.6 is 10.7 Å². The number of rotatable bonds is 2. The van der Waals surface area contributed by atoms with Crippen LogP contribution in [0, 0.1) is 5.92 Å². The molecule has 3 nitrogen and oxygen atoms in total. The SMILES string of the molecule is CC1CC(C2CC2)Oc2ccc(S(=O)(=O)Cl)cc21. The minimum absolute atomic E-state index is 0.156. The predicted molar refractivity (Wildman–Crippen MR) is 69.7 cm³/mol. The highest BCUT2D eigenvalue weighted by atomic mass is 35.7. The Morgan fingerprint density at radius 2 is 2.06 bits per heavy atom. The first-order valence-electron chi connectivity index (χ1n) is 6.20. The Balaban J connectivity index is 1.97.